The summed E-state index contributed by atoms with van der Waals surface area (Å²) in [6, 6.07) is 0.292. The number of nitrogens with one attached hydrogen (secondary N) is 1. The molecule has 0 spiro atoms. The average molecular weight is 275 g/mol. The predicted molar refractivity (Wildman–Crippen MR) is 74.3 cm³/mol. The molecule has 108 valence electrons. The fourth-order valence-electron chi connectivity index (χ4n) is 2.88. The largest absolute Gasteiger partial charge is 0.375 e. The van der Waals surface area contributed by atoms with Crippen molar-refractivity contribution in [2.24, 2.45) is 5.92 Å². The van der Waals surface area contributed by atoms with Crippen LogP contribution < -0.4 is 5.32 Å². The van der Waals surface area contributed by atoms with Crippen LogP contribution in [0.3, 0.4) is 0 Å². The van der Waals surface area contributed by atoms with Crippen molar-refractivity contribution in [1.29, 1.82) is 0 Å². The van der Waals surface area contributed by atoms with Gasteiger partial charge >= 0.3 is 0 Å². The highest BCUT2D eigenvalue weighted by Gasteiger charge is 2.22. The number of fused-ring (bicyclic) bond motifs is 1. The van der Waals surface area contributed by atoms with Crippen LogP contribution in [-0.4, -0.2) is 28.5 Å². The van der Waals surface area contributed by atoms with Gasteiger partial charge in [-0.1, -0.05) is 6.92 Å². The van der Waals surface area contributed by atoms with Gasteiger partial charge in [-0.3, -0.25) is 9.78 Å². The molecular formula is C15H21N3O2. The molecule has 5 nitrogen and oxygen atoms in total. The molecular weight excluding hydrogens is 254 g/mol. The lowest BCUT2D eigenvalue weighted by Crippen LogP contribution is -2.38. The highest BCUT2D eigenvalue weighted by Crippen LogP contribution is 2.23. The number of aromatic nitrogens is 2. The summed E-state index contributed by atoms with van der Waals surface area (Å²) in [5.41, 5.74) is 2.20. The molecule has 0 unspecified atom stereocenters. The topological polar surface area (TPSA) is 64.1 Å². The maximum atomic E-state index is 12.2. The van der Waals surface area contributed by atoms with Crippen molar-refractivity contribution in [1.82, 2.24) is 15.3 Å². The minimum absolute atomic E-state index is 0.0913. The number of hydrogen-bond acceptors (Lipinski definition) is 4. The van der Waals surface area contributed by atoms with Crippen LogP contribution in [0.2, 0.25) is 0 Å². The summed E-state index contributed by atoms with van der Waals surface area (Å²) in [5.74, 6) is 0.693. The zero-order chi connectivity index (χ0) is 13.9. The molecule has 1 aliphatic heterocycles. The molecule has 1 amide bonds. The van der Waals surface area contributed by atoms with Crippen molar-refractivity contribution < 1.29 is 9.53 Å². The minimum atomic E-state index is -0.0913. The third kappa shape index (κ3) is 2.98. The zero-order valence-corrected chi connectivity index (χ0v) is 11.9. The number of amides is 1. The molecule has 1 fully saturated rings. The van der Waals surface area contributed by atoms with E-state index in [-0.39, 0.29) is 5.91 Å². The molecule has 2 heterocycles. The Bertz CT molecular complexity index is 496. The Balaban J connectivity index is 1.65. The Morgan fingerprint density at radius 1 is 1.30 bits per heavy atom. The van der Waals surface area contributed by atoms with Gasteiger partial charge in [0.1, 0.15) is 5.69 Å². The normalized spacial score (nSPS) is 25.9. The lowest BCUT2D eigenvalue weighted by molar-refractivity contribution is 0.0910. The van der Waals surface area contributed by atoms with E-state index in [9.17, 15) is 4.79 Å². The van der Waals surface area contributed by atoms with Crippen molar-refractivity contribution in [3.63, 3.8) is 0 Å². The summed E-state index contributed by atoms with van der Waals surface area (Å²) >= 11 is 0. The first-order chi connectivity index (χ1) is 9.72. The van der Waals surface area contributed by atoms with E-state index in [1.165, 1.54) is 12.8 Å². The summed E-state index contributed by atoms with van der Waals surface area (Å²) in [6.45, 7) is 3.44. The first-order valence-corrected chi connectivity index (χ1v) is 7.46. The van der Waals surface area contributed by atoms with Crippen LogP contribution in [-0.2, 0) is 17.8 Å². The summed E-state index contributed by atoms with van der Waals surface area (Å²) in [4.78, 5) is 21.0. The summed E-state index contributed by atoms with van der Waals surface area (Å²) in [7, 11) is 0. The first-order valence-electron chi connectivity index (χ1n) is 7.46. The number of hydrogen-bond donors (Lipinski definition) is 1. The standard InChI is InChI=1S/C15H21N3O2/c1-10-2-4-11(5-3-10)17-15(19)13-8-16-14-9-20-7-6-12(14)18-13/h8,10-11H,2-7,9H2,1H3,(H,17,19). The summed E-state index contributed by atoms with van der Waals surface area (Å²) in [6.07, 6.45) is 6.83. The molecule has 1 aromatic rings. The number of nitrogens with zero attached hydrogens (tertiary/aromatic N) is 2. The molecule has 5 heteroatoms. The second-order valence-electron chi connectivity index (χ2n) is 5.88. The molecule has 1 N–H and O–H groups in total. The van der Waals surface area contributed by atoms with E-state index < -0.39 is 0 Å². The molecule has 0 radical (unpaired) electrons. The Hall–Kier alpha value is -1.49. The van der Waals surface area contributed by atoms with E-state index in [2.05, 4.69) is 22.2 Å². The molecule has 0 bridgehead atoms. The van der Waals surface area contributed by atoms with E-state index >= 15 is 0 Å². The van der Waals surface area contributed by atoms with Crippen molar-refractivity contribution in [3.8, 4) is 0 Å². The van der Waals surface area contributed by atoms with Crippen molar-refractivity contribution in [3.05, 3.63) is 23.3 Å². The molecule has 1 aromatic heterocycles. The molecule has 3 rings (SSSR count). The Kier molecular flexibility index (Phi) is 3.96. The van der Waals surface area contributed by atoms with E-state index in [0.717, 1.165) is 36.6 Å². The van der Waals surface area contributed by atoms with Crippen molar-refractivity contribution in [2.75, 3.05) is 6.61 Å². The molecule has 2 aliphatic rings. The lowest BCUT2D eigenvalue weighted by Gasteiger charge is -2.26. The lowest BCUT2D eigenvalue weighted by atomic mass is 9.87. The predicted octanol–water partition coefficient (Wildman–Crippen LogP) is 1.86. The van der Waals surface area contributed by atoms with Gasteiger partial charge < -0.3 is 10.1 Å². The highest BCUT2D eigenvalue weighted by atomic mass is 16.5. The molecule has 20 heavy (non-hydrogen) atoms. The van der Waals surface area contributed by atoms with Crippen LogP contribution in [0, 0.1) is 5.92 Å². The molecule has 0 atom stereocenters. The Labute approximate surface area is 119 Å². The van der Waals surface area contributed by atoms with Crippen LogP contribution in [0.5, 0.6) is 0 Å². The number of ether oxygens (including phenoxy) is 1. The Morgan fingerprint density at radius 3 is 2.90 bits per heavy atom. The molecule has 1 aliphatic carbocycles. The third-order valence-corrected chi connectivity index (χ3v) is 4.24. The zero-order valence-electron chi connectivity index (χ0n) is 11.9. The maximum Gasteiger partial charge on any atom is 0.271 e. The van der Waals surface area contributed by atoms with Gasteiger partial charge in [-0.25, -0.2) is 4.98 Å². The van der Waals surface area contributed by atoms with Gasteiger partial charge in [0.25, 0.3) is 5.91 Å². The average Bonchev–Trinajstić information content (AvgIpc) is 2.49. The van der Waals surface area contributed by atoms with Gasteiger partial charge in [0.15, 0.2) is 0 Å². The van der Waals surface area contributed by atoms with Crippen LogP contribution in [0.25, 0.3) is 0 Å². The number of rotatable bonds is 2. The summed E-state index contributed by atoms with van der Waals surface area (Å²) in [5, 5.41) is 3.09. The fraction of sp³-hybridized carbons (Fsp3) is 0.667. The van der Waals surface area contributed by atoms with Crippen LogP contribution in [0.1, 0.15) is 54.5 Å². The third-order valence-electron chi connectivity index (χ3n) is 4.24. The van der Waals surface area contributed by atoms with Crippen molar-refractivity contribution >= 4 is 5.91 Å². The van der Waals surface area contributed by atoms with Crippen LogP contribution in [0.15, 0.2) is 6.20 Å². The molecule has 1 saturated carbocycles. The van der Waals surface area contributed by atoms with Crippen molar-refractivity contribution in [2.45, 2.75) is 51.7 Å². The Morgan fingerprint density at radius 2 is 2.10 bits per heavy atom. The van der Waals surface area contributed by atoms with E-state index in [1.54, 1.807) is 6.20 Å². The van der Waals surface area contributed by atoms with Gasteiger partial charge in [0.2, 0.25) is 0 Å². The molecule has 0 aromatic carbocycles. The highest BCUT2D eigenvalue weighted by molar-refractivity contribution is 5.92. The first kappa shape index (κ1) is 13.5. The summed E-state index contributed by atoms with van der Waals surface area (Å²) < 4.78 is 5.32. The van der Waals surface area contributed by atoms with Crippen LogP contribution in [0.4, 0.5) is 0 Å². The van der Waals surface area contributed by atoms with E-state index in [4.69, 9.17) is 4.74 Å². The fourth-order valence-corrected chi connectivity index (χ4v) is 2.88. The number of carbonyl (C=O) groups excluding carboxylic acids is 1. The van der Waals surface area contributed by atoms with Gasteiger partial charge in [-0.2, -0.15) is 0 Å². The second-order valence-corrected chi connectivity index (χ2v) is 5.88. The van der Waals surface area contributed by atoms with Gasteiger partial charge in [-0.05, 0) is 31.6 Å². The smallest absolute Gasteiger partial charge is 0.271 e. The van der Waals surface area contributed by atoms with Gasteiger partial charge in [0.05, 0.1) is 30.8 Å². The minimum Gasteiger partial charge on any atom is -0.375 e. The van der Waals surface area contributed by atoms with Gasteiger partial charge in [-0.15, -0.1) is 0 Å². The second kappa shape index (κ2) is 5.87. The molecule has 0 saturated heterocycles. The quantitative estimate of drug-likeness (QED) is 0.894. The van der Waals surface area contributed by atoms with Gasteiger partial charge in [0, 0.05) is 12.5 Å². The monoisotopic (exact) mass is 275 g/mol. The number of carbonyl (C=O) groups is 1. The SMILES string of the molecule is CC1CCC(NC(=O)c2cnc3c(n2)CCOC3)CC1. The van der Waals surface area contributed by atoms with Crippen LogP contribution >= 0.6 is 0 Å². The maximum absolute atomic E-state index is 12.2. The van der Waals surface area contributed by atoms with E-state index in [1.807, 2.05) is 0 Å². The van der Waals surface area contributed by atoms with E-state index in [0.29, 0.717) is 24.9 Å².